The molecule has 19 heavy (non-hydrogen) atoms. The molecule has 0 heterocycles. The Bertz CT molecular complexity index is 267. The van der Waals surface area contributed by atoms with Crippen molar-refractivity contribution in [2.45, 2.75) is 77.4 Å². The maximum absolute atomic E-state index is 12.4. The Morgan fingerprint density at radius 3 is 2.42 bits per heavy atom. The summed E-state index contributed by atoms with van der Waals surface area (Å²) < 4.78 is 11.1. The third-order valence-electron chi connectivity index (χ3n) is 4.27. The molecular weight excluding hydrogens is 240 g/mol. The summed E-state index contributed by atoms with van der Waals surface area (Å²) in [6.07, 6.45) is 7.21. The van der Waals surface area contributed by atoms with Crippen LogP contribution in [-0.2, 0) is 14.3 Å². The molecule has 0 aromatic carbocycles. The second-order valence-electron chi connectivity index (χ2n) is 6.20. The van der Waals surface area contributed by atoms with Crippen LogP contribution < -0.4 is 0 Å². The van der Waals surface area contributed by atoms with Crippen molar-refractivity contribution in [1.29, 1.82) is 0 Å². The van der Waals surface area contributed by atoms with E-state index < -0.39 is 0 Å². The molecule has 0 radical (unpaired) electrons. The highest BCUT2D eigenvalue weighted by Crippen LogP contribution is 2.29. The zero-order valence-corrected chi connectivity index (χ0v) is 13.0. The number of carbonyl (C=O) groups is 1. The molecule has 0 aromatic heterocycles. The normalized spacial score (nSPS) is 19.4. The summed E-state index contributed by atoms with van der Waals surface area (Å²) in [5.41, 5.74) is -0.223. The second-order valence-corrected chi connectivity index (χ2v) is 6.20. The van der Waals surface area contributed by atoms with Gasteiger partial charge >= 0.3 is 0 Å². The lowest BCUT2D eigenvalue weighted by molar-refractivity contribution is -0.136. The Balaban J connectivity index is 2.52. The van der Waals surface area contributed by atoms with Crippen molar-refractivity contribution in [2.75, 3.05) is 13.7 Å². The van der Waals surface area contributed by atoms with Crippen molar-refractivity contribution in [3.05, 3.63) is 0 Å². The molecule has 3 nitrogen and oxygen atoms in total. The van der Waals surface area contributed by atoms with Crippen LogP contribution in [0, 0.1) is 5.92 Å². The first-order valence-corrected chi connectivity index (χ1v) is 7.69. The average Bonchev–Trinajstić information content (AvgIpc) is 2.43. The fourth-order valence-corrected chi connectivity index (χ4v) is 2.78. The first-order chi connectivity index (χ1) is 9.00. The Labute approximate surface area is 118 Å². The van der Waals surface area contributed by atoms with Gasteiger partial charge in [0.1, 0.15) is 6.10 Å². The molecule has 1 aliphatic carbocycles. The van der Waals surface area contributed by atoms with Crippen LogP contribution >= 0.6 is 0 Å². The van der Waals surface area contributed by atoms with Gasteiger partial charge in [0.15, 0.2) is 5.78 Å². The number of hydrogen-bond acceptors (Lipinski definition) is 3. The summed E-state index contributed by atoms with van der Waals surface area (Å²) in [4.78, 5) is 12.4. The van der Waals surface area contributed by atoms with E-state index in [1.165, 1.54) is 19.3 Å². The van der Waals surface area contributed by atoms with Crippen LogP contribution in [0.25, 0.3) is 0 Å². The molecule has 3 heteroatoms. The molecule has 0 saturated heterocycles. The molecule has 1 saturated carbocycles. The maximum atomic E-state index is 12.4. The molecule has 1 aliphatic rings. The minimum absolute atomic E-state index is 0.182. The van der Waals surface area contributed by atoms with E-state index in [4.69, 9.17) is 9.47 Å². The molecule has 0 bridgehead atoms. The summed E-state index contributed by atoms with van der Waals surface area (Å²) in [7, 11) is 1.70. The van der Waals surface area contributed by atoms with Gasteiger partial charge in [-0.15, -0.1) is 0 Å². The van der Waals surface area contributed by atoms with Crippen molar-refractivity contribution in [3.63, 3.8) is 0 Å². The Kier molecular flexibility index (Phi) is 7.01. The minimum atomic E-state index is -0.223. The molecule has 1 atom stereocenters. The van der Waals surface area contributed by atoms with Gasteiger partial charge in [-0.05, 0) is 46.0 Å². The molecule has 1 fully saturated rings. The van der Waals surface area contributed by atoms with Gasteiger partial charge in [0.25, 0.3) is 0 Å². The predicted molar refractivity (Wildman–Crippen MR) is 77.3 cm³/mol. The highest BCUT2D eigenvalue weighted by Gasteiger charge is 2.30. The van der Waals surface area contributed by atoms with Gasteiger partial charge in [-0.3, -0.25) is 4.79 Å². The monoisotopic (exact) mass is 270 g/mol. The smallest absolute Gasteiger partial charge is 0.161 e. The summed E-state index contributed by atoms with van der Waals surface area (Å²) in [5.74, 6) is 0.700. The number of methoxy groups -OCH3 is 1. The van der Waals surface area contributed by atoms with Gasteiger partial charge in [-0.1, -0.05) is 19.3 Å². The van der Waals surface area contributed by atoms with Gasteiger partial charge in [0, 0.05) is 20.1 Å². The van der Waals surface area contributed by atoms with E-state index in [9.17, 15) is 4.79 Å². The number of rotatable bonds is 8. The molecule has 0 N–H and O–H groups in total. The molecule has 112 valence electrons. The first kappa shape index (κ1) is 16.6. The van der Waals surface area contributed by atoms with Crippen LogP contribution in [0.5, 0.6) is 0 Å². The third-order valence-corrected chi connectivity index (χ3v) is 4.27. The standard InChI is InChI=1S/C16H30O3/c1-5-19-15(13-9-7-6-8-10-13)14(17)11-12-16(2,3)18-4/h13,15H,5-12H2,1-4H3. The number of carbonyl (C=O) groups excluding carboxylic acids is 1. The second kappa shape index (κ2) is 8.01. The molecule has 1 unspecified atom stereocenters. The van der Waals surface area contributed by atoms with Gasteiger partial charge in [-0.2, -0.15) is 0 Å². The third kappa shape index (κ3) is 5.62. The number of Topliss-reactive ketones (excluding diaryl/α,β-unsaturated/α-hetero) is 1. The van der Waals surface area contributed by atoms with Gasteiger partial charge < -0.3 is 9.47 Å². The molecule has 0 aliphatic heterocycles. The van der Waals surface area contributed by atoms with E-state index in [0.29, 0.717) is 18.9 Å². The van der Waals surface area contributed by atoms with E-state index in [-0.39, 0.29) is 17.5 Å². The zero-order chi connectivity index (χ0) is 14.3. The number of hydrogen-bond donors (Lipinski definition) is 0. The van der Waals surface area contributed by atoms with Crippen molar-refractivity contribution in [1.82, 2.24) is 0 Å². The molecular formula is C16H30O3. The van der Waals surface area contributed by atoms with Gasteiger partial charge in [-0.25, -0.2) is 0 Å². The SMILES string of the molecule is CCOC(C(=O)CCC(C)(C)OC)C1CCCCC1. The zero-order valence-electron chi connectivity index (χ0n) is 13.0. The highest BCUT2D eigenvalue weighted by molar-refractivity contribution is 5.83. The van der Waals surface area contributed by atoms with Crippen molar-refractivity contribution in [3.8, 4) is 0 Å². The summed E-state index contributed by atoms with van der Waals surface area (Å²) in [5, 5.41) is 0. The fraction of sp³-hybridized carbons (Fsp3) is 0.938. The number of ether oxygens (including phenoxy) is 2. The first-order valence-electron chi connectivity index (χ1n) is 7.69. The summed E-state index contributed by atoms with van der Waals surface area (Å²) in [6.45, 7) is 6.65. The van der Waals surface area contributed by atoms with E-state index in [1.807, 2.05) is 20.8 Å². The lowest BCUT2D eigenvalue weighted by Crippen LogP contribution is -2.35. The summed E-state index contributed by atoms with van der Waals surface area (Å²) >= 11 is 0. The van der Waals surface area contributed by atoms with Crippen LogP contribution in [-0.4, -0.2) is 31.2 Å². The topological polar surface area (TPSA) is 35.5 Å². The van der Waals surface area contributed by atoms with Crippen molar-refractivity contribution >= 4 is 5.78 Å². The molecule has 0 amide bonds. The van der Waals surface area contributed by atoms with Crippen LogP contribution in [0.2, 0.25) is 0 Å². The Morgan fingerprint density at radius 1 is 1.26 bits per heavy atom. The van der Waals surface area contributed by atoms with Crippen molar-refractivity contribution < 1.29 is 14.3 Å². The van der Waals surface area contributed by atoms with E-state index >= 15 is 0 Å². The fourth-order valence-electron chi connectivity index (χ4n) is 2.78. The van der Waals surface area contributed by atoms with E-state index in [2.05, 4.69) is 0 Å². The molecule has 0 aromatic rings. The predicted octanol–water partition coefficient (Wildman–Crippen LogP) is 3.75. The molecule has 1 rings (SSSR count). The maximum Gasteiger partial charge on any atom is 0.161 e. The Morgan fingerprint density at radius 2 is 1.89 bits per heavy atom. The molecule has 0 spiro atoms. The van der Waals surface area contributed by atoms with Crippen LogP contribution in [0.15, 0.2) is 0 Å². The van der Waals surface area contributed by atoms with Crippen molar-refractivity contribution in [2.24, 2.45) is 5.92 Å². The lowest BCUT2D eigenvalue weighted by atomic mass is 9.82. The highest BCUT2D eigenvalue weighted by atomic mass is 16.5. The van der Waals surface area contributed by atoms with Gasteiger partial charge in [0.2, 0.25) is 0 Å². The summed E-state index contributed by atoms with van der Waals surface area (Å²) in [6, 6.07) is 0. The van der Waals surface area contributed by atoms with Crippen LogP contribution in [0.1, 0.15) is 65.7 Å². The lowest BCUT2D eigenvalue weighted by Gasteiger charge is -2.30. The largest absolute Gasteiger partial charge is 0.379 e. The van der Waals surface area contributed by atoms with E-state index in [0.717, 1.165) is 19.3 Å². The Hall–Kier alpha value is -0.410. The van der Waals surface area contributed by atoms with E-state index in [1.54, 1.807) is 7.11 Å². The van der Waals surface area contributed by atoms with Crippen LogP contribution in [0.4, 0.5) is 0 Å². The average molecular weight is 270 g/mol. The minimum Gasteiger partial charge on any atom is -0.379 e. The quantitative estimate of drug-likeness (QED) is 0.674. The number of ketones is 1. The van der Waals surface area contributed by atoms with Crippen LogP contribution in [0.3, 0.4) is 0 Å². The van der Waals surface area contributed by atoms with Gasteiger partial charge in [0.05, 0.1) is 5.60 Å².